The lowest BCUT2D eigenvalue weighted by atomic mass is 10.1. The van der Waals surface area contributed by atoms with E-state index in [9.17, 15) is 9.18 Å². The Hall–Kier alpha value is -3.70. The number of aromatic nitrogens is 3. The summed E-state index contributed by atoms with van der Waals surface area (Å²) in [5.74, 6) is 0.796. The molecular weight excluding hydrogens is 598 g/mol. The second kappa shape index (κ2) is 11.4. The Morgan fingerprint density at radius 2 is 2.00 bits per heavy atom. The van der Waals surface area contributed by atoms with E-state index in [1.54, 1.807) is 18.2 Å². The molecular formula is C31H27Cl2FN4O5. The summed E-state index contributed by atoms with van der Waals surface area (Å²) in [5, 5.41) is 1.29. The average molecular weight is 625 g/mol. The van der Waals surface area contributed by atoms with E-state index in [0.717, 1.165) is 54.1 Å². The number of hydrogen-bond donors (Lipinski definition) is 0. The minimum absolute atomic E-state index is 0.0800. The fourth-order valence-corrected chi connectivity index (χ4v) is 6.09. The largest absolute Gasteiger partial charge is 0.472 e. The van der Waals surface area contributed by atoms with E-state index in [1.165, 1.54) is 13.2 Å². The van der Waals surface area contributed by atoms with Gasteiger partial charge < -0.3 is 23.2 Å². The predicted octanol–water partition coefficient (Wildman–Crippen LogP) is 6.34. The van der Waals surface area contributed by atoms with Gasteiger partial charge in [0.05, 0.1) is 53.6 Å². The number of halogens is 3. The number of esters is 1. The number of hydrogen-bond acceptors (Lipinski definition) is 8. The minimum Gasteiger partial charge on any atom is -0.472 e. The summed E-state index contributed by atoms with van der Waals surface area (Å²) in [7, 11) is 1.37. The van der Waals surface area contributed by atoms with Crippen LogP contribution in [0.3, 0.4) is 0 Å². The summed E-state index contributed by atoms with van der Waals surface area (Å²) in [6.07, 6.45) is 1.86. The molecule has 43 heavy (non-hydrogen) atoms. The van der Waals surface area contributed by atoms with Crippen LogP contribution in [0.15, 0.2) is 46.9 Å². The van der Waals surface area contributed by atoms with E-state index in [4.69, 9.17) is 51.8 Å². The molecule has 222 valence electrons. The highest BCUT2D eigenvalue weighted by Gasteiger charge is 2.26. The monoisotopic (exact) mass is 624 g/mol. The Labute approximate surface area is 256 Å². The average Bonchev–Trinajstić information content (AvgIpc) is 3.54. The van der Waals surface area contributed by atoms with Gasteiger partial charge >= 0.3 is 5.97 Å². The number of pyridine rings is 1. The number of imidazole rings is 1. The van der Waals surface area contributed by atoms with Crippen molar-refractivity contribution in [1.29, 1.82) is 0 Å². The number of benzene rings is 2. The maximum Gasteiger partial charge on any atom is 0.337 e. The molecule has 12 heteroatoms. The van der Waals surface area contributed by atoms with Crippen LogP contribution in [0.25, 0.3) is 22.0 Å². The first-order chi connectivity index (χ1) is 20.9. The van der Waals surface area contributed by atoms with Crippen LogP contribution in [0.5, 0.6) is 5.88 Å². The van der Waals surface area contributed by atoms with Gasteiger partial charge in [-0.2, -0.15) is 4.39 Å². The van der Waals surface area contributed by atoms with Crippen LogP contribution in [0, 0.1) is 6.01 Å². The summed E-state index contributed by atoms with van der Waals surface area (Å²) in [4.78, 5) is 24.2. The molecule has 0 bridgehead atoms. The predicted molar refractivity (Wildman–Crippen MR) is 158 cm³/mol. The van der Waals surface area contributed by atoms with Gasteiger partial charge in [-0.05, 0) is 48.7 Å². The second-order valence-electron chi connectivity index (χ2n) is 10.7. The zero-order chi connectivity index (χ0) is 29.7. The van der Waals surface area contributed by atoms with E-state index < -0.39 is 6.01 Å². The van der Waals surface area contributed by atoms with E-state index in [0.29, 0.717) is 57.7 Å². The molecule has 0 radical (unpaired) electrons. The third-order valence-electron chi connectivity index (χ3n) is 8.02. The van der Waals surface area contributed by atoms with Crippen molar-refractivity contribution in [2.45, 2.75) is 45.2 Å². The fourth-order valence-electron chi connectivity index (χ4n) is 5.65. The lowest BCUT2D eigenvalue weighted by molar-refractivity contribution is -0.0592. The van der Waals surface area contributed by atoms with Gasteiger partial charge in [0.2, 0.25) is 5.88 Å². The molecule has 1 atom stereocenters. The summed E-state index contributed by atoms with van der Waals surface area (Å²) >= 11 is 12.7. The number of fused-ring (bicyclic) bond motifs is 3. The molecule has 0 spiro atoms. The Balaban J connectivity index is 1.12. The van der Waals surface area contributed by atoms with Gasteiger partial charge in [-0.15, -0.1) is 0 Å². The number of carbonyl (C=O) groups excluding carboxylic acids is 1. The summed E-state index contributed by atoms with van der Waals surface area (Å²) in [5.41, 5.74) is 5.06. The third-order valence-corrected chi connectivity index (χ3v) is 8.62. The molecule has 0 unspecified atom stereocenters. The van der Waals surface area contributed by atoms with Gasteiger partial charge in [-0.1, -0.05) is 29.3 Å². The molecule has 5 heterocycles. The molecule has 5 aromatic rings. The molecule has 0 saturated carbocycles. The highest BCUT2D eigenvalue weighted by atomic mass is 35.5. The Bertz CT molecular complexity index is 1870. The molecule has 7 rings (SSSR count). The molecule has 0 aliphatic carbocycles. The topological polar surface area (TPSA) is 91.9 Å². The first kappa shape index (κ1) is 28.1. The highest BCUT2D eigenvalue weighted by Crippen LogP contribution is 2.33. The van der Waals surface area contributed by atoms with Crippen molar-refractivity contribution in [3.8, 4) is 5.88 Å². The van der Waals surface area contributed by atoms with Crippen molar-refractivity contribution in [2.24, 2.45) is 0 Å². The second-order valence-corrected chi connectivity index (χ2v) is 11.6. The number of rotatable bonds is 8. The van der Waals surface area contributed by atoms with Gasteiger partial charge in [-0.25, -0.2) is 14.8 Å². The molecule has 2 aliphatic rings. The van der Waals surface area contributed by atoms with Gasteiger partial charge in [0.15, 0.2) is 0 Å². The first-order valence-electron chi connectivity index (χ1n) is 13.9. The van der Waals surface area contributed by atoms with Crippen LogP contribution >= 0.6 is 23.2 Å². The SMILES string of the molecule is COC(=O)c1ccc2nc(CN3CCc4cc(Cl)c(OCc5ccc(Cl)c6cc(F)oc56)nc4C3)n(C[C@@H]3CCO3)c2c1. The standard InChI is InChI=1S/C31H27Cl2FN4O5/c1-40-31(39)18-3-5-24-26(11-18)38(13-20-7-9-41-20)28(35-24)15-37-8-6-17-10-23(33)30(36-25(17)14-37)42-16-19-2-4-22(32)21-12-27(34)43-29(19)21/h2-5,10-12,20H,6-9,13-16H2,1H3/t20-/m0/s1. The van der Waals surface area contributed by atoms with Gasteiger partial charge in [0.25, 0.3) is 6.01 Å². The number of ether oxygens (including phenoxy) is 3. The Kier molecular flexibility index (Phi) is 7.46. The van der Waals surface area contributed by atoms with Crippen LogP contribution in [-0.4, -0.2) is 51.8 Å². The van der Waals surface area contributed by atoms with Gasteiger partial charge in [0.1, 0.15) is 23.0 Å². The third kappa shape index (κ3) is 5.44. The molecule has 2 aromatic carbocycles. The van der Waals surface area contributed by atoms with E-state index >= 15 is 0 Å². The lowest BCUT2D eigenvalue weighted by Crippen LogP contribution is -2.34. The highest BCUT2D eigenvalue weighted by molar-refractivity contribution is 6.35. The van der Waals surface area contributed by atoms with Crippen molar-refractivity contribution in [3.63, 3.8) is 0 Å². The maximum absolute atomic E-state index is 13.8. The normalized spacial score (nSPS) is 16.8. The van der Waals surface area contributed by atoms with Crippen LogP contribution < -0.4 is 4.74 Å². The van der Waals surface area contributed by atoms with Crippen LogP contribution in [-0.2, 0) is 42.1 Å². The number of furan rings is 1. The molecule has 3 aromatic heterocycles. The lowest BCUT2D eigenvalue weighted by Gasteiger charge is -2.30. The number of methoxy groups -OCH3 is 1. The quantitative estimate of drug-likeness (QED) is 0.185. The van der Waals surface area contributed by atoms with Crippen LogP contribution in [0.4, 0.5) is 4.39 Å². The van der Waals surface area contributed by atoms with Crippen molar-refractivity contribution in [2.75, 3.05) is 20.3 Å². The fraction of sp³-hybridized carbons (Fsp3) is 0.323. The Morgan fingerprint density at radius 1 is 1.14 bits per heavy atom. The van der Waals surface area contributed by atoms with E-state index in [2.05, 4.69) is 9.47 Å². The number of carbonyl (C=O) groups is 1. The molecule has 1 saturated heterocycles. The first-order valence-corrected chi connectivity index (χ1v) is 14.7. The zero-order valence-corrected chi connectivity index (χ0v) is 24.8. The smallest absolute Gasteiger partial charge is 0.337 e. The maximum atomic E-state index is 13.8. The molecule has 0 N–H and O–H groups in total. The zero-order valence-electron chi connectivity index (χ0n) is 23.2. The van der Waals surface area contributed by atoms with E-state index in [1.807, 2.05) is 18.2 Å². The number of nitrogens with zero attached hydrogens (tertiary/aromatic N) is 4. The van der Waals surface area contributed by atoms with Gasteiger partial charge in [0, 0.05) is 36.7 Å². The van der Waals surface area contributed by atoms with E-state index in [-0.39, 0.29) is 18.7 Å². The molecule has 9 nitrogen and oxygen atoms in total. The van der Waals surface area contributed by atoms with Gasteiger partial charge in [-0.3, -0.25) is 4.90 Å². The van der Waals surface area contributed by atoms with Crippen molar-refractivity contribution < 1.29 is 27.8 Å². The minimum atomic E-state index is -0.716. The Morgan fingerprint density at radius 3 is 2.79 bits per heavy atom. The summed E-state index contributed by atoms with van der Waals surface area (Å²) in [6, 6.07) is 11.3. The molecule has 0 amide bonds. The molecule has 1 fully saturated rings. The van der Waals surface area contributed by atoms with Crippen molar-refractivity contribution in [1.82, 2.24) is 19.4 Å². The van der Waals surface area contributed by atoms with Crippen molar-refractivity contribution in [3.05, 3.63) is 86.7 Å². The molecule has 2 aliphatic heterocycles. The van der Waals surface area contributed by atoms with Crippen molar-refractivity contribution >= 4 is 51.2 Å². The summed E-state index contributed by atoms with van der Waals surface area (Å²) in [6.45, 7) is 3.45. The summed E-state index contributed by atoms with van der Waals surface area (Å²) < 4.78 is 37.8. The van der Waals surface area contributed by atoms with Crippen LogP contribution in [0.1, 0.15) is 39.4 Å². The van der Waals surface area contributed by atoms with Crippen LogP contribution in [0.2, 0.25) is 10.0 Å².